The number of esters is 1. The summed E-state index contributed by atoms with van der Waals surface area (Å²) in [5, 5.41) is 23.5. The minimum atomic E-state index is -0.665. The maximum Gasteiger partial charge on any atom is 0.305 e. The van der Waals surface area contributed by atoms with Gasteiger partial charge in [0.1, 0.15) is 0 Å². The first kappa shape index (κ1) is 82.9. The van der Waals surface area contributed by atoms with Crippen LogP contribution >= 0.6 is 0 Å². The molecular formula is C78H155NO5. The van der Waals surface area contributed by atoms with Crippen LogP contribution in [0.15, 0.2) is 0 Å². The molecule has 6 nitrogen and oxygen atoms in total. The van der Waals surface area contributed by atoms with Crippen LogP contribution in [-0.2, 0) is 14.3 Å². The Kier molecular flexibility index (Phi) is 73.3. The Balaban J connectivity index is 3.35. The third kappa shape index (κ3) is 70.0. The number of ether oxygens (including phenoxy) is 1. The largest absolute Gasteiger partial charge is 0.466 e. The fourth-order valence-electron chi connectivity index (χ4n) is 12.9. The van der Waals surface area contributed by atoms with Crippen molar-refractivity contribution in [2.75, 3.05) is 13.2 Å². The van der Waals surface area contributed by atoms with E-state index in [-0.39, 0.29) is 18.5 Å². The zero-order valence-corrected chi connectivity index (χ0v) is 57.7. The fraction of sp³-hybridized carbons (Fsp3) is 0.974. The Hall–Kier alpha value is -1.14. The molecule has 0 rings (SSSR count). The van der Waals surface area contributed by atoms with Crippen molar-refractivity contribution < 1.29 is 24.5 Å². The smallest absolute Gasteiger partial charge is 0.305 e. The van der Waals surface area contributed by atoms with Gasteiger partial charge in [-0.3, -0.25) is 9.59 Å². The van der Waals surface area contributed by atoms with Crippen LogP contribution in [0.3, 0.4) is 0 Å². The third-order valence-electron chi connectivity index (χ3n) is 18.9. The second-order valence-electron chi connectivity index (χ2n) is 27.4. The van der Waals surface area contributed by atoms with Crippen molar-refractivity contribution in [2.24, 2.45) is 0 Å². The van der Waals surface area contributed by atoms with Crippen LogP contribution in [0.2, 0.25) is 0 Å². The van der Waals surface area contributed by atoms with Crippen LogP contribution in [0, 0.1) is 0 Å². The van der Waals surface area contributed by atoms with E-state index in [0.29, 0.717) is 25.9 Å². The molecule has 0 radical (unpaired) electrons. The number of aliphatic hydroxyl groups is 2. The summed E-state index contributed by atoms with van der Waals surface area (Å²) >= 11 is 0. The highest BCUT2D eigenvalue weighted by Crippen LogP contribution is 2.21. The molecule has 0 heterocycles. The lowest BCUT2D eigenvalue weighted by molar-refractivity contribution is -0.143. The Morgan fingerprint density at radius 2 is 0.488 bits per heavy atom. The molecule has 0 fully saturated rings. The first-order valence-corrected chi connectivity index (χ1v) is 39.3. The molecular weight excluding hydrogens is 1030 g/mol. The predicted octanol–water partition coefficient (Wildman–Crippen LogP) is 25.7. The Morgan fingerprint density at radius 1 is 0.286 bits per heavy atom. The maximum atomic E-state index is 12.6. The molecule has 0 aliphatic rings. The molecule has 1 amide bonds. The molecule has 0 aromatic carbocycles. The number of hydrogen-bond acceptors (Lipinski definition) is 5. The van der Waals surface area contributed by atoms with E-state index in [1.54, 1.807) is 0 Å². The molecule has 0 aliphatic heterocycles. The molecule has 0 aromatic rings. The molecule has 0 saturated carbocycles. The van der Waals surface area contributed by atoms with E-state index in [2.05, 4.69) is 19.2 Å². The molecule has 84 heavy (non-hydrogen) atoms. The number of hydrogen-bond donors (Lipinski definition) is 3. The molecule has 2 unspecified atom stereocenters. The topological polar surface area (TPSA) is 95.9 Å². The normalized spacial score (nSPS) is 12.4. The van der Waals surface area contributed by atoms with Gasteiger partial charge in [0.05, 0.1) is 25.4 Å². The van der Waals surface area contributed by atoms with Gasteiger partial charge in [-0.15, -0.1) is 0 Å². The van der Waals surface area contributed by atoms with E-state index in [1.165, 1.54) is 392 Å². The number of rotatable bonds is 75. The minimum Gasteiger partial charge on any atom is -0.466 e. The van der Waals surface area contributed by atoms with Crippen LogP contribution < -0.4 is 5.32 Å². The zero-order chi connectivity index (χ0) is 60.6. The summed E-state index contributed by atoms with van der Waals surface area (Å²) in [4.78, 5) is 24.7. The van der Waals surface area contributed by atoms with Gasteiger partial charge in [0.25, 0.3) is 0 Å². The molecule has 6 heteroatoms. The van der Waals surface area contributed by atoms with E-state index in [1.807, 2.05) is 0 Å². The molecule has 3 N–H and O–H groups in total. The van der Waals surface area contributed by atoms with Crippen LogP contribution in [0.4, 0.5) is 0 Å². The van der Waals surface area contributed by atoms with E-state index in [9.17, 15) is 19.8 Å². The van der Waals surface area contributed by atoms with Crippen LogP contribution in [-0.4, -0.2) is 47.4 Å². The summed E-state index contributed by atoms with van der Waals surface area (Å²) in [6, 6.07) is -0.542. The van der Waals surface area contributed by atoms with Gasteiger partial charge in [-0.25, -0.2) is 0 Å². The zero-order valence-electron chi connectivity index (χ0n) is 57.7. The van der Waals surface area contributed by atoms with Gasteiger partial charge in [0.15, 0.2) is 0 Å². The summed E-state index contributed by atoms with van der Waals surface area (Å²) in [5.41, 5.74) is 0. The van der Waals surface area contributed by atoms with Gasteiger partial charge in [0.2, 0.25) is 5.91 Å². The maximum absolute atomic E-state index is 12.6. The summed E-state index contributed by atoms with van der Waals surface area (Å²) in [5.74, 6) is -0.00649. The first-order valence-electron chi connectivity index (χ1n) is 39.3. The highest BCUT2D eigenvalue weighted by molar-refractivity contribution is 5.76. The second-order valence-corrected chi connectivity index (χ2v) is 27.4. The molecule has 2 atom stereocenters. The van der Waals surface area contributed by atoms with Crippen molar-refractivity contribution in [3.05, 3.63) is 0 Å². The van der Waals surface area contributed by atoms with Crippen LogP contribution in [0.5, 0.6) is 0 Å². The van der Waals surface area contributed by atoms with E-state index in [0.717, 1.165) is 38.5 Å². The monoisotopic (exact) mass is 1190 g/mol. The van der Waals surface area contributed by atoms with Gasteiger partial charge in [0, 0.05) is 12.8 Å². The number of nitrogens with one attached hydrogen (secondary N) is 1. The minimum absolute atomic E-state index is 0.0212. The molecule has 502 valence electrons. The fourth-order valence-corrected chi connectivity index (χ4v) is 12.9. The summed E-state index contributed by atoms with van der Waals surface area (Å²) in [6.45, 7) is 5.02. The van der Waals surface area contributed by atoms with E-state index >= 15 is 0 Å². The number of amides is 1. The number of unbranched alkanes of at least 4 members (excludes halogenated alkanes) is 64. The Morgan fingerprint density at radius 3 is 0.726 bits per heavy atom. The van der Waals surface area contributed by atoms with Crippen molar-refractivity contribution in [2.45, 2.75) is 475 Å². The van der Waals surface area contributed by atoms with Crippen LogP contribution in [0.25, 0.3) is 0 Å². The van der Waals surface area contributed by atoms with Crippen LogP contribution in [0.1, 0.15) is 463 Å². The van der Waals surface area contributed by atoms with Gasteiger partial charge in [-0.05, 0) is 25.7 Å². The summed E-state index contributed by atoms with van der Waals surface area (Å²) in [6.07, 6.45) is 91.8. The molecule has 0 spiro atoms. The lowest BCUT2D eigenvalue weighted by Gasteiger charge is -2.22. The average Bonchev–Trinajstić information content (AvgIpc) is 3.51. The highest BCUT2D eigenvalue weighted by Gasteiger charge is 2.20. The Labute approximate surface area is 527 Å². The highest BCUT2D eigenvalue weighted by atomic mass is 16.5. The molecule has 0 saturated heterocycles. The Bertz CT molecular complexity index is 1230. The number of aliphatic hydroxyl groups excluding tert-OH is 2. The first-order chi connectivity index (χ1) is 41.5. The average molecular weight is 1190 g/mol. The molecule has 0 aromatic heterocycles. The third-order valence-corrected chi connectivity index (χ3v) is 18.9. The molecule has 0 aliphatic carbocycles. The quantitative estimate of drug-likeness (QED) is 0.0417. The van der Waals surface area contributed by atoms with Crippen molar-refractivity contribution >= 4 is 11.9 Å². The predicted molar refractivity (Wildman–Crippen MR) is 371 cm³/mol. The van der Waals surface area contributed by atoms with Gasteiger partial charge in [-0.2, -0.15) is 0 Å². The summed E-state index contributed by atoms with van der Waals surface area (Å²) < 4.78 is 5.52. The summed E-state index contributed by atoms with van der Waals surface area (Å²) in [7, 11) is 0. The van der Waals surface area contributed by atoms with E-state index in [4.69, 9.17) is 4.74 Å². The SMILES string of the molecule is CCCCCCCCCCCCCCCCCCCCCCCCCCCC(O)C(CO)NC(=O)CCCCCCCCCCCCCCCCCCCCCCCCCOC(=O)CCCCCCCCCCCCCCCCCCCCC. The number of carbonyl (C=O) groups is 2. The van der Waals surface area contributed by atoms with Crippen molar-refractivity contribution in [3.63, 3.8) is 0 Å². The standard InChI is InChI=1S/C78H155NO5/c1-3-5-7-9-11-13-15-17-19-21-23-24-25-26-28-31-35-38-42-46-50-54-58-62-66-70-76(81)75(74-80)79-77(82)71-67-63-59-55-51-47-43-39-36-32-29-27-30-33-37-41-45-49-53-57-61-65-69-73-84-78(83)72-68-64-60-56-52-48-44-40-34-22-20-18-16-14-12-10-8-6-4-2/h75-76,80-81H,3-74H2,1-2H3,(H,79,82). The molecule has 0 bridgehead atoms. The van der Waals surface area contributed by atoms with Gasteiger partial charge < -0.3 is 20.3 Å². The van der Waals surface area contributed by atoms with Gasteiger partial charge in [-0.1, -0.05) is 425 Å². The van der Waals surface area contributed by atoms with Gasteiger partial charge >= 0.3 is 5.97 Å². The van der Waals surface area contributed by atoms with Crippen molar-refractivity contribution in [3.8, 4) is 0 Å². The number of carbonyl (C=O) groups excluding carboxylic acids is 2. The van der Waals surface area contributed by atoms with Crippen molar-refractivity contribution in [1.82, 2.24) is 5.32 Å². The van der Waals surface area contributed by atoms with E-state index < -0.39 is 12.1 Å². The lowest BCUT2D eigenvalue weighted by atomic mass is 10.0. The van der Waals surface area contributed by atoms with Crippen molar-refractivity contribution in [1.29, 1.82) is 0 Å². The lowest BCUT2D eigenvalue weighted by Crippen LogP contribution is -2.45. The second kappa shape index (κ2) is 74.3.